The lowest BCUT2D eigenvalue weighted by Crippen LogP contribution is -2.31. The fourth-order valence-electron chi connectivity index (χ4n) is 0.547. The minimum Gasteiger partial charge on any atom is -0.463 e. The summed E-state index contributed by atoms with van der Waals surface area (Å²) in [5.41, 5.74) is 2.34. The Morgan fingerprint density at radius 1 is 2.00 bits per heavy atom. The molecule has 1 N–H and O–H groups in total. The molecule has 56 valence electrons. The molecule has 0 amide bonds. The Hall–Kier alpha value is -1.10. The maximum absolute atomic E-state index is 10.8. The Balaban J connectivity index is 2.33. The summed E-state index contributed by atoms with van der Waals surface area (Å²) in [6.07, 6.45) is 0.488. The fourth-order valence-corrected chi connectivity index (χ4v) is 0.547. The molecule has 0 aliphatic carbocycles. The molecule has 0 aromatic heterocycles. The van der Waals surface area contributed by atoms with Gasteiger partial charge in [-0.15, -0.1) is 5.48 Å². The van der Waals surface area contributed by atoms with Gasteiger partial charge < -0.3 is 9.57 Å². The first-order chi connectivity index (χ1) is 4.84. The number of rotatable bonds is 2. The van der Waals surface area contributed by atoms with Crippen LogP contribution in [-0.4, -0.2) is 25.1 Å². The van der Waals surface area contributed by atoms with Gasteiger partial charge in [0.2, 0.25) is 6.17 Å². The summed E-state index contributed by atoms with van der Waals surface area (Å²) in [4.78, 5) is 18.9. The predicted molar refractivity (Wildman–Crippen MR) is 33.1 cm³/mol. The Kier molecular flexibility index (Phi) is 2.22. The van der Waals surface area contributed by atoms with Crippen LogP contribution in [0, 0.1) is 0 Å². The third-order valence-electron chi connectivity index (χ3n) is 0.952. The number of carbonyl (C=O) groups excluding carboxylic acids is 1. The van der Waals surface area contributed by atoms with Crippen LogP contribution in [0.3, 0.4) is 0 Å². The van der Waals surface area contributed by atoms with E-state index in [0.717, 1.165) is 0 Å². The molecule has 0 saturated heterocycles. The lowest BCUT2D eigenvalue weighted by Gasteiger charge is -2.03. The van der Waals surface area contributed by atoms with E-state index in [1.54, 1.807) is 6.92 Å². The van der Waals surface area contributed by atoms with E-state index in [0.29, 0.717) is 6.61 Å². The number of aliphatic imine (C=N–C) groups is 1. The van der Waals surface area contributed by atoms with E-state index in [9.17, 15) is 4.79 Å². The molecule has 1 atom stereocenters. The van der Waals surface area contributed by atoms with Crippen molar-refractivity contribution in [2.45, 2.75) is 13.1 Å². The average Bonchev–Trinajstić information content (AvgIpc) is 2.38. The summed E-state index contributed by atoms with van der Waals surface area (Å²) >= 11 is 0. The molecule has 0 spiro atoms. The molecule has 1 aliphatic heterocycles. The molecule has 1 unspecified atom stereocenters. The highest BCUT2D eigenvalue weighted by atomic mass is 16.7. The number of hydroxylamine groups is 1. The molecular formula is C5H8N2O3. The maximum atomic E-state index is 10.8. The molecule has 5 nitrogen and oxygen atoms in total. The van der Waals surface area contributed by atoms with Crippen LogP contribution < -0.4 is 5.48 Å². The van der Waals surface area contributed by atoms with Crippen LogP contribution in [0.25, 0.3) is 0 Å². The van der Waals surface area contributed by atoms with Crippen LogP contribution in [0.2, 0.25) is 0 Å². The summed E-state index contributed by atoms with van der Waals surface area (Å²) in [6.45, 7) is 2.09. The van der Waals surface area contributed by atoms with E-state index in [1.165, 1.54) is 6.40 Å². The lowest BCUT2D eigenvalue weighted by molar-refractivity contribution is -0.146. The Morgan fingerprint density at radius 3 is 3.30 bits per heavy atom. The van der Waals surface area contributed by atoms with Gasteiger partial charge in [-0.05, 0) is 6.92 Å². The Bertz CT molecular complexity index is 157. The molecule has 0 saturated carbocycles. The smallest absolute Gasteiger partial charge is 0.349 e. The van der Waals surface area contributed by atoms with Crippen molar-refractivity contribution in [3.8, 4) is 0 Å². The number of esters is 1. The van der Waals surface area contributed by atoms with Crippen LogP contribution in [0.4, 0.5) is 0 Å². The van der Waals surface area contributed by atoms with Crippen molar-refractivity contribution < 1.29 is 14.4 Å². The van der Waals surface area contributed by atoms with Gasteiger partial charge in [0.1, 0.15) is 0 Å². The molecule has 0 fully saturated rings. The summed E-state index contributed by atoms with van der Waals surface area (Å²) in [5, 5.41) is 0. The fraction of sp³-hybridized carbons (Fsp3) is 0.600. The number of nitrogens with one attached hydrogen (secondary N) is 1. The summed E-state index contributed by atoms with van der Waals surface area (Å²) in [7, 11) is 0. The van der Waals surface area contributed by atoms with Crippen molar-refractivity contribution in [3.05, 3.63) is 0 Å². The Labute approximate surface area is 58.0 Å². The van der Waals surface area contributed by atoms with Gasteiger partial charge in [0.25, 0.3) is 0 Å². The van der Waals surface area contributed by atoms with Gasteiger partial charge >= 0.3 is 5.97 Å². The summed E-state index contributed by atoms with van der Waals surface area (Å²) < 4.78 is 4.63. The number of nitrogens with zero attached hydrogens (tertiary/aromatic N) is 1. The van der Waals surface area contributed by atoms with Crippen molar-refractivity contribution in [1.82, 2.24) is 5.48 Å². The number of carbonyl (C=O) groups is 1. The van der Waals surface area contributed by atoms with Crippen LogP contribution in [0.5, 0.6) is 0 Å². The highest BCUT2D eigenvalue weighted by Crippen LogP contribution is 1.94. The van der Waals surface area contributed by atoms with Crippen LogP contribution in [-0.2, 0) is 14.4 Å². The van der Waals surface area contributed by atoms with Crippen LogP contribution in [0.1, 0.15) is 6.92 Å². The Morgan fingerprint density at radius 2 is 2.80 bits per heavy atom. The molecule has 0 radical (unpaired) electrons. The molecule has 1 heterocycles. The first-order valence-corrected chi connectivity index (χ1v) is 2.94. The van der Waals surface area contributed by atoms with E-state index < -0.39 is 12.1 Å². The molecule has 0 aromatic carbocycles. The normalized spacial score (nSPS) is 22.3. The third kappa shape index (κ3) is 1.44. The SMILES string of the molecule is CCOC(=O)C1N=CON1. The van der Waals surface area contributed by atoms with Crippen molar-refractivity contribution in [2.24, 2.45) is 4.99 Å². The van der Waals surface area contributed by atoms with Gasteiger partial charge in [0.15, 0.2) is 6.40 Å². The highest BCUT2D eigenvalue weighted by molar-refractivity contribution is 5.77. The third-order valence-corrected chi connectivity index (χ3v) is 0.952. The second-order valence-electron chi connectivity index (χ2n) is 1.64. The molecule has 0 bridgehead atoms. The molecule has 5 heteroatoms. The van der Waals surface area contributed by atoms with Gasteiger partial charge in [0.05, 0.1) is 6.61 Å². The number of hydrogen-bond donors (Lipinski definition) is 1. The van der Waals surface area contributed by atoms with Crippen molar-refractivity contribution in [2.75, 3.05) is 6.61 Å². The van der Waals surface area contributed by atoms with Gasteiger partial charge in [-0.3, -0.25) is 0 Å². The maximum Gasteiger partial charge on any atom is 0.349 e. The van der Waals surface area contributed by atoms with Gasteiger partial charge in [-0.25, -0.2) is 9.79 Å². The molecular weight excluding hydrogens is 136 g/mol. The van der Waals surface area contributed by atoms with Crippen molar-refractivity contribution >= 4 is 12.4 Å². The predicted octanol–water partition coefficient (Wildman–Crippen LogP) is -0.561. The minimum atomic E-state index is -0.681. The summed E-state index contributed by atoms with van der Waals surface area (Å²) in [5.74, 6) is -0.420. The number of ether oxygens (including phenoxy) is 1. The highest BCUT2D eigenvalue weighted by Gasteiger charge is 2.21. The zero-order valence-corrected chi connectivity index (χ0v) is 5.53. The minimum absolute atomic E-state index is 0.354. The monoisotopic (exact) mass is 144 g/mol. The van der Waals surface area contributed by atoms with E-state index in [-0.39, 0.29) is 0 Å². The van der Waals surface area contributed by atoms with Gasteiger partial charge in [-0.1, -0.05) is 0 Å². The second kappa shape index (κ2) is 3.17. The molecule has 1 rings (SSSR count). The van der Waals surface area contributed by atoms with Crippen LogP contribution >= 0.6 is 0 Å². The molecule has 10 heavy (non-hydrogen) atoms. The molecule has 1 aliphatic rings. The zero-order valence-electron chi connectivity index (χ0n) is 5.53. The average molecular weight is 144 g/mol. The first-order valence-electron chi connectivity index (χ1n) is 2.94. The number of hydrogen-bond acceptors (Lipinski definition) is 5. The standard InChI is InChI=1S/C5H8N2O3/c1-2-9-5(8)4-6-3-10-7-4/h3-4,7H,2H2,1H3. The van der Waals surface area contributed by atoms with Gasteiger partial charge in [0, 0.05) is 0 Å². The lowest BCUT2D eigenvalue weighted by atomic mass is 10.5. The van der Waals surface area contributed by atoms with Crippen molar-refractivity contribution in [3.63, 3.8) is 0 Å². The first kappa shape index (κ1) is 7.01. The second-order valence-corrected chi connectivity index (χ2v) is 1.64. The quantitative estimate of drug-likeness (QED) is 0.528. The molecule has 0 aromatic rings. The van der Waals surface area contributed by atoms with Gasteiger partial charge in [-0.2, -0.15) is 0 Å². The van der Waals surface area contributed by atoms with E-state index in [2.05, 4.69) is 20.0 Å². The zero-order chi connectivity index (χ0) is 7.40. The van der Waals surface area contributed by atoms with Crippen molar-refractivity contribution in [1.29, 1.82) is 0 Å². The largest absolute Gasteiger partial charge is 0.463 e. The van der Waals surface area contributed by atoms with Crippen LogP contribution in [0.15, 0.2) is 4.99 Å². The van der Waals surface area contributed by atoms with E-state index in [4.69, 9.17) is 0 Å². The van der Waals surface area contributed by atoms with E-state index >= 15 is 0 Å². The summed E-state index contributed by atoms with van der Waals surface area (Å²) in [6, 6.07) is 0. The topological polar surface area (TPSA) is 59.9 Å². The van der Waals surface area contributed by atoms with E-state index in [1.807, 2.05) is 0 Å².